The standard InChI is InChI=1S/C14H10ClIN4/c15-11-6-9(16)3-4-12(11)20-8-18-7-13(20)10-2-1-5-19-14(10)17/h1-8H,(H2,17,19). The minimum Gasteiger partial charge on any atom is -0.383 e. The highest BCUT2D eigenvalue weighted by molar-refractivity contribution is 14.1. The van der Waals surface area contributed by atoms with E-state index in [0.29, 0.717) is 10.8 Å². The lowest BCUT2D eigenvalue weighted by Gasteiger charge is -2.11. The Hall–Kier alpha value is -1.60. The van der Waals surface area contributed by atoms with Crippen LogP contribution in [0, 0.1) is 3.57 Å². The van der Waals surface area contributed by atoms with E-state index in [0.717, 1.165) is 20.5 Å². The molecule has 0 aliphatic carbocycles. The van der Waals surface area contributed by atoms with Crippen LogP contribution in [-0.2, 0) is 0 Å². The van der Waals surface area contributed by atoms with Gasteiger partial charge in [-0.1, -0.05) is 11.6 Å². The Morgan fingerprint density at radius 1 is 1.25 bits per heavy atom. The molecule has 100 valence electrons. The number of halogens is 2. The molecule has 0 aliphatic rings. The van der Waals surface area contributed by atoms with Crippen molar-refractivity contribution in [2.75, 3.05) is 5.73 Å². The molecule has 0 bridgehead atoms. The second-order valence-corrected chi connectivity index (χ2v) is 5.83. The van der Waals surface area contributed by atoms with Crippen molar-refractivity contribution in [3.8, 4) is 16.9 Å². The molecule has 2 heterocycles. The Morgan fingerprint density at radius 3 is 2.85 bits per heavy atom. The summed E-state index contributed by atoms with van der Waals surface area (Å²) in [5.74, 6) is 0.468. The predicted molar refractivity (Wildman–Crippen MR) is 88.9 cm³/mol. The molecule has 2 N–H and O–H groups in total. The van der Waals surface area contributed by atoms with Crippen molar-refractivity contribution in [2.45, 2.75) is 0 Å². The van der Waals surface area contributed by atoms with Crippen LogP contribution in [0.3, 0.4) is 0 Å². The first kappa shape index (κ1) is 13.4. The van der Waals surface area contributed by atoms with Crippen molar-refractivity contribution < 1.29 is 0 Å². The minimum atomic E-state index is 0.468. The normalized spacial score (nSPS) is 10.7. The fourth-order valence-electron chi connectivity index (χ4n) is 2.00. The maximum atomic E-state index is 6.32. The molecule has 0 radical (unpaired) electrons. The Bertz CT molecular complexity index is 769. The molecule has 0 saturated heterocycles. The van der Waals surface area contributed by atoms with E-state index in [4.69, 9.17) is 17.3 Å². The van der Waals surface area contributed by atoms with Crippen LogP contribution in [0.2, 0.25) is 5.02 Å². The summed E-state index contributed by atoms with van der Waals surface area (Å²) in [5, 5.41) is 0.665. The van der Waals surface area contributed by atoms with Gasteiger partial charge in [-0.3, -0.25) is 4.57 Å². The monoisotopic (exact) mass is 396 g/mol. The molecule has 20 heavy (non-hydrogen) atoms. The fraction of sp³-hybridized carbons (Fsp3) is 0. The van der Waals surface area contributed by atoms with Crippen LogP contribution < -0.4 is 5.73 Å². The number of rotatable bonds is 2. The lowest BCUT2D eigenvalue weighted by Crippen LogP contribution is -2.00. The number of nitrogens with zero attached hydrogens (tertiary/aromatic N) is 3. The quantitative estimate of drug-likeness (QED) is 0.671. The van der Waals surface area contributed by atoms with Gasteiger partial charge < -0.3 is 5.73 Å². The van der Waals surface area contributed by atoms with E-state index in [9.17, 15) is 0 Å². The van der Waals surface area contributed by atoms with E-state index >= 15 is 0 Å². The van der Waals surface area contributed by atoms with Crippen molar-refractivity contribution in [1.82, 2.24) is 14.5 Å². The molecule has 6 heteroatoms. The maximum Gasteiger partial charge on any atom is 0.132 e. The van der Waals surface area contributed by atoms with Gasteiger partial charge in [0.2, 0.25) is 0 Å². The minimum absolute atomic E-state index is 0.468. The summed E-state index contributed by atoms with van der Waals surface area (Å²) in [5.41, 5.74) is 8.49. The zero-order valence-corrected chi connectivity index (χ0v) is 13.2. The maximum absolute atomic E-state index is 6.32. The van der Waals surface area contributed by atoms with Gasteiger partial charge in [0.1, 0.15) is 5.82 Å². The summed E-state index contributed by atoms with van der Waals surface area (Å²) in [6, 6.07) is 9.63. The number of aromatic nitrogens is 3. The van der Waals surface area contributed by atoms with Crippen LogP contribution >= 0.6 is 34.2 Å². The van der Waals surface area contributed by atoms with Crippen LogP contribution in [0.15, 0.2) is 49.1 Å². The van der Waals surface area contributed by atoms with Crippen LogP contribution in [-0.4, -0.2) is 14.5 Å². The van der Waals surface area contributed by atoms with E-state index in [-0.39, 0.29) is 0 Å². The van der Waals surface area contributed by atoms with Gasteiger partial charge in [-0.05, 0) is 52.9 Å². The molecule has 2 aromatic heterocycles. The van der Waals surface area contributed by atoms with Crippen molar-refractivity contribution in [3.05, 3.63) is 57.6 Å². The first-order valence-electron chi connectivity index (χ1n) is 5.85. The number of nitrogen functional groups attached to an aromatic ring is 1. The SMILES string of the molecule is Nc1ncccc1-c1cncn1-c1ccc(I)cc1Cl. The van der Waals surface area contributed by atoms with E-state index in [2.05, 4.69) is 32.6 Å². The fourth-order valence-corrected chi connectivity index (χ4v) is 2.94. The second-order valence-electron chi connectivity index (χ2n) is 4.18. The Balaban J connectivity index is 2.18. The molecule has 3 rings (SSSR count). The summed E-state index contributed by atoms with van der Waals surface area (Å²) >= 11 is 8.55. The molecule has 0 aliphatic heterocycles. The summed E-state index contributed by atoms with van der Waals surface area (Å²) in [7, 11) is 0. The number of imidazole rings is 1. The number of benzene rings is 1. The Labute approximate surface area is 134 Å². The number of hydrogen-bond donors (Lipinski definition) is 1. The van der Waals surface area contributed by atoms with Gasteiger partial charge in [-0.25, -0.2) is 9.97 Å². The lowest BCUT2D eigenvalue weighted by molar-refractivity contribution is 1.06. The summed E-state index contributed by atoms with van der Waals surface area (Å²) < 4.78 is 2.99. The topological polar surface area (TPSA) is 56.7 Å². The van der Waals surface area contributed by atoms with E-state index < -0.39 is 0 Å². The molecule has 0 spiro atoms. The molecule has 0 fully saturated rings. The highest BCUT2D eigenvalue weighted by Crippen LogP contribution is 2.30. The molecule has 0 amide bonds. The molecular formula is C14H10ClIN4. The van der Waals surface area contributed by atoms with Gasteiger partial charge in [0.25, 0.3) is 0 Å². The van der Waals surface area contributed by atoms with Gasteiger partial charge >= 0.3 is 0 Å². The third-order valence-corrected chi connectivity index (χ3v) is 3.90. The van der Waals surface area contributed by atoms with Gasteiger partial charge in [0.05, 0.1) is 28.9 Å². The highest BCUT2D eigenvalue weighted by Gasteiger charge is 2.12. The average molecular weight is 397 g/mol. The summed E-state index contributed by atoms with van der Waals surface area (Å²) in [6.07, 6.45) is 5.13. The molecule has 3 aromatic rings. The molecule has 1 aromatic carbocycles. The zero-order chi connectivity index (χ0) is 14.1. The van der Waals surface area contributed by atoms with Crippen LogP contribution in [0.1, 0.15) is 0 Å². The van der Waals surface area contributed by atoms with E-state index in [1.807, 2.05) is 34.9 Å². The van der Waals surface area contributed by atoms with Crippen LogP contribution in [0.25, 0.3) is 16.9 Å². The van der Waals surface area contributed by atoms with Crippen LogP contribution in [0.4, 0.5) is 5.82 Å². The number of anilines is 1. The first-order chi connectivity index (χ1) is 9.66. The first-order valence-corrected chi connectivity index (χ1v) is 7.31. The number of pyridine rings is 1. The molecule has 0 saturated carbocycles. The lowest BCUT2D eigenvalue weighted by atomic mass is 10.2. The third-order valence-electron chi connectivity index (χ3n) is 2.92. The molecule has 0 atom stereocenters. The second kappa shape index (κ2) is 5.41. The molecule has 0 unspecified atom stereocenters. The summed E-state index contributed by atoms with van der Waals surface area (Å²) in [6.45, 7) is 0. The smallest absolute Gasteiger partial charge is 0.132 e. The Kier molecular flexibility index (Phi) is 3.62. The predicted octanol–water partition coefficient (Wildman–Crippen LogP) is 3.77. The zero-order valence-electron chi connectivity index (χ0n) is 10.3. The molecule has 4 nitrogen and oxygen atoms in total. The van der Waals surface area contributed by atoms with Crippen LogP contribution in [0.5, 0.6) is 0 Å². The van der Waals surface area contributed by atoms with Crippen molar-refractivity contribution in [1.29, 1.82) is 0 Å². The summed E-state index contributed by atoms with van der Waals surface area (Å²) in [4.78, 5) is 8.31. The van der Waals surface area contributed by atoms with Gasteiger partial charge in [0.15, 0.2) is 0 Å². The van der Waals surface area contributed by atoms with E-state index in [1.54, 1.807) is 18.7 Å². The largest absolute Gasteiger partial charge is 0.383 e. The highest BCUT2D eigenvalue weighted by atomic mass is 127. The molecular weight excluding hydrogens is 387 g/mol. The Morgan fingerprint density at radius 2 is 2.10 bits per heavy atom. The van der Waals surface area contributed by atoms with Gasteiger partial charge in [-0.2, -0.15) is 0 Å². The average Bonchev–Trinajstić information content (AvgIpc) is 2.88. The van der Waals surface area contributed by atoms with Crippen molar-refractivity contribution in [2.24, 2.45) is 0 Å². The van der Waals surface area contributed by atoms with Crippen molar-refractivity contribution >= 4 is 40.0 Å². The third kappa shape index (κ3) is 2.38. The van der Waals surface area contributed by atoms with Gasteiger partial charge in [-0.15, -0.1) is 0 Å². The van der Waals surface area contributed by atoms with Crippen molar-refractivity contribution in [3.63, 3.8) is 0 Å². The van der Waals surface area contributed by atoms with E-state index in [1.165, 1.54) is 0 Å². The van der Waals surface area contributed by atoms with Gasteiger partial charge in [0, 0.05) is 15.3 Å². The number of hydrogen-bond acceptors (Lipinski definition) is 3. The number of nitrogens with two attached hydrogens (primary N) is 1.